The minimum absolute atomic E-state index is 0.244. The summed E-state index contributed by atoms with van der Waals surface area (Å²) in [5, 5.41) is 3.84. The molecule has 0 aliphatic carbocycles. The lowest BCUT2D eigenvalue weighted by Gasteiger charge is -2.01. The highest BCUT2D eigenvalue weighted by atomic mass is 32.1. The summed E-state index contributed by atoms with van der Waals surface area (Å²) in [6.07, 6.45) is 0. The first-order valence-electron chi connectivity index (χ1n) is 5.47. The predicted octanol–water partition coefficient (Wildman–Crippen LogP) is 3.88. The van der Waals surface area contributed by atoms with Gasteiger partial charge in [-0.15, -0.1) is 0 Å². The average Bonchev–Trinajstić information content (AvgIpc) is 2.70. The number of halogens is 1. The number of fused-ring (bicyclic) bond motifs is 1. The van der Waals surface area contributed by atoms with Crippen LogP contribution in [0.2, 0.25) is 0 Å². The molecule has 0 unspecified atom stereocenters. The second-order valence-electron chi connectivity index (χ2n) is 3.92. The van der Waals surface area contributed by atoms with Gasteiger partial charge in [-0.1, -0.05) is 17.4 Å². The number of pyridine rings is 1. The number of benzene rings is 1. The number of nitrogens with one attached hydrogen (secondary N) is 1. The Balaban J connectivity index is 1.95. The minimum Gasteiger partial charge on any atom is -0.316 e. The Labute approximate surface area is 107 Å². The highest BCUT2D eigenvalue weighted by molar-refractivity contribution is 7.22. The topological polar surface area (TPSA) is 37.8 Å². The molecule has 0 saturated heterocycles. The van der Waals surface area contributed by atoms with E-state index in [-0.39, 0.29) is 5.82 Å². The van der Waals surface area contributed by atoms with Crippen LogP contribution in [-0.4, -0.2) is 9.97 Å². The molecule has 3 nitrogen and oxygen atoms in total. The van der Waals surface area contributed by atoms with Crippen molar-refractivity contribution in [2.75, 3.05) is 5.32 Å². The number of aryl methyl sites for hydroxylation is 1. The van der Waals surface area contributed by atoms with Crippen molar-refractivity contribution in [1.29, 1.82) is 0 Å². The summed E-state index contributed by atoms with van der Waals surface area (Å²) in [5.41, 5.74) is 1.73. The van der Waals surface area contributed by atoms with Gasteiger partial charge in [0, 0.05) is 5.69 Å². The van der Waals surface area contributed by atoms with E-state index in [4.69, 9.17) is 0 Å². The van der Waals surface area contributed by atoms with Crippen LogP contribution in [-0.2, 0) is 0 Å². The van der Waals surface area contributed by atoms with Crippen molar-refractivity contribution in [3.63, 3.8) is 0 Å². The van der Waals surface area contributed by atoms with Gasteiger partial charge in [-0.3, -0.25) is 0 Å². The van der Waals surface area contributed by atoms with Gasteiger partial charge in [-0.05, 0) is 37.3 Å². The Bertz CT molecular complexity index is 708. The van der Waals surface area contributed by atoms with Crippen molar-refractivity contribution in [3.8, 4) is 0 Å². The van der Waals surface area contributed by atoms with E-state index in [0.29, 0.717) is 5.13 Å². The molecular formula is C13H10FN3S. The molecule has 18 heavy (non-hydrogen) atoms. The number of hydrogen-bond acceptors (Lipinski definition) is 4. The van der Waals surface area contributed by atoms with Crippen LogP contribution < -0.4 is 5.32 Å². The molecule has 2 aromatic heterocycles. The van der Waals surface area contributed by atoms with Crippen molar-refractivity contribution in [3.05, 3.63) is 47.9 Å². The van der Waals surface area contributed by atoms with Gasteiger partial charge in [0.2, 0.25) is 0 Å². The fourth-order valence-electron chi connectivity index (χ4n) is 1.67. The summed E-state index contributed by atoms with van der Waals surface area (Å²) in [4.78, 5) is 8.72. The molecule has 5 heteroatoms. The van der Waals surface area contributed by atoms with Crippen molar-refractivity contribution in [2.24, 2.45) is 0 Å². The lowest BCUT2D eigenvalue weighted by atomic mass is 10.3. The van der Waals surface area contributed by atoms with Gasteiger partial charge in [-0.2, -0.15) is 0 Å². The van der Waals surface area contributed by atoms with E-state index in [1.165, 1.54) is 23.5 Å². The van der Waals surface area contributed by atoms with E-state index in [1.807, 2.05) is 25.1 Å². The summed E-state index contributed by atoms with van der Waals surface area (Å²) in [6, 6.07) is 10.3. The molecule has 0 spiro atoms. The largest absolute Gasteiger partial charge is 0.316 e. The summed E-state index contributed by atoms with van der Waals surface area (Å²) >= 11 is 1.41. The van der Waals surface area contributed by atoms with Gasteiger partial charge >= 0.3 is 0 Å². The molecule has 0 radical (unpaired) electrons. The molecular weight excluding hydrogens is 249 g/mol. The molecule has 1 N–H and O–H groups in total. The van der Waals surface area contributed by atoms with Crippen LogP contribution in [0.4, 0.5) is 15.3 Å². The second kappa shape index (κ2) is 4.34. The minimum atomic E-state index is -0.244. The van der Waals surface area contributed by atoms with Crippen molar-refractivity contribution in [2.45, 2.75) is 6.92 Å². The number of anilines is 2. The molecule has 2 heterocycles. The van der Waals surface area contributed by atoms with Gasteiger partial charge in [0.1, 0.15) is 11.6 Å². The van der Waals surface area contributed by atoms with Gasteiger partial charge in [0.25, 0.3) is 0 Å². The Hall–Kier alpha value is -2.01. The molecule has 0 amide bonds. The van der Waals surface area contributed by atoms with Gasteiger partial charge in [0.05, 0.1) is 10.2 Å². The van der Waals surface area contributed by atoms with Crippen LogP contribution in [0.3, 0.4) is 0 Å². The van der Waals surface area contributed by atoms with Crippen LogP contribution in [0, 0.1) is 12.7 Å². The second-order valence-corrected chi connectivity index (χ2v) is 4.95. The lowest BCUT2D eigenvalue weighted by molar-refractivity contribution is 0.630. The van der Waals surface area contributed by atoms with Crippen LogP contribution in [0.5, 0.6) is 0 Å². The smallest absolute Gasteiger partial charge is 0.189 e. The van der Waals surface area contributed by atoms with Gasteiger partial charge in [0.15, 0.2) is 5.13 Å². The zero-order valence-corrected chi connectivity index (χ0v) is 10.5. The molecule has 0 aliphatic heterocycles. The number of thiazole rings is 1. The maximum Gasteiger partial charge on any atom is 0.189 e. The summed E-state index contributed by atoms with van der Waals surface area (Å²) in [7, 11) is 0. The maximum absolute atomic E-state index is 13.1. The van der Waals surface area contributed by atoms with Crippen LogP contribution in [0.25, 0.3) is 10.2 Å². The summed E-state index contributed by atoms with van der Waals surface area (Å²) in [5.74, 6) is 0.501. The number of rotatable bonds is 2. The summed E-state index contributed by atoms with van der Waals surface area (Å²) < 4.78 is 13.9. The molecule has 0 saturated carbocycles. The zero-order chi connectivity index (χ0) is 12.5. The Morgan fingerprint density at radius 3 is 2.89 bits per heavy atom. The van der Waals surface area contributed by atoms with Crippen molar-refractivity contribution < 1.29 is 4.39 Å². The van der Waals surface area contributed by atoms with E-state index in [0.717, 1.165) is 21.7 Å². The van der Waals surface area contributed by atoms with Crippen molar-refractivity contribution in [1.82, 2.24) is 9.97 Å². The average molecular weight is 259 g/mol. The monoisotopic (exact) mass is 259 g/mol. The maximum atomic E-state index is 13.1. The lowest BCUT2D eigenvalue weighted by Crippen LogP contribution is -1.93. The van der Waals surface area contributed by atoms with Crippen LogP contribution in [0.15, 0.2) is 36.4 Å². The first kappa shape index (κ1) is 11.1. The van der Waals surface area contributed by atoms with E-state index in [1.54, 1.807) is 6.07 Å². The Kier molecular flexibility index (Phi) is 2.68. The van der Waals surface area contributed by atoms with E-state index >= 15 is 0 Å². The Morgan fingerprint density at radius 1 is 1.17 bits per heavy atom. The normalized spacial score (nSPS) is 10.8. The quantitative estimate of drug-likeness (QED) is 0.758. The van der Waals surface area contributed by atoms with Crippen LogP contribution in [0.1, 0.15) is 5.69 Å². The van der Waals surface area contributed by atoms with E-state index < -0.39 is 0 Å². The highest BCUT2D eigenvalue weighted by Crippen LogP contribution is 2.28. The number of nitrogens with zero attached hydrogens (tertiary/aromatic N) is 2. The third-order valence-electron chi connectivity index (χ3n) is 2.47. The fraction of sp³-hybridized carbons (Fsp3) is 0.0769. The first-order chi connectivity index (χ1) is 8.70. The zero-order valence-electron chi connectivity index (χ0n) is 9.64. The first-order valence-corrected chi connectivity index (χ1v) is 6.29. The fourth-order valence-corrected chi connectivity index (χ4v) is 2.57. The third kappa shape index (κ3) is 2.17. The molecule has 0 bridgehead atoms. The van der Waals surface area contributed by atoms with Gasteiger partial charge < -0.3 is 5.32 Å². The molecule has 3 rings (SSSR count). The molecule has 0 atom stereocenters. The standard InChI is InChI=1S/C13H10FN3S/c1-8-3-2-4-12(15-8)17-13-16-10-6-5-9(14)7-11(10)18-13/h2-7H,1H3,(H,15,16,17). The number of aromatic nitrogens is 2. The molecule has 3 aromatic rings. The highest BCUT2D eigenvalue weighted by Gasteiger charge is 2.05. The molecule has 1 aromatic carbocycles. The summed E-state index contributed by atoms with van der Waals surface area (Å²) in [6.45, 7) is 1.93. The molecule has 0 aliphatic rings. The SMILES string of the molecule is Cc1cccc(Nc2nc3ccc(F)cc3s2)n1. The third-order valence-corrected chi connectivity index (χ3v) is 3.41. The molecule has 90 valence electrons. The molecule has 0 fully saturated rings. The Morgan fingerprint density at radius 2 is 2.06 bits per heavy atom. The van der Waals surface area contributed by atoms with E-state index in [2.05, 4.69) is 15.3 Å². The van der Waals surface area contributed by atoms with E-state index in [9.17, 15) is 4.39 Å². The van der Waals surface area contributed by atoms with Crippen molar-refractivity contribution >= 4 is 32.5 Å². The van der Waals surface area contributed by atoms with Crippen LogP contribution >= 0.6 is 11.3 Å². The van der Waals surface area contributed by atoms with Gasteiger partial charge in [-0.25, -0.2) is 14.4 Å². The predicted molar refractivity (Wildman–Crippen MR) is 71.8 cm³/mol. The number of hydrogen-bond donors (Lipinski definition) is 1.